The molecule has 1 unspecified atom stereocenters. The van der Waals surface area contributed by atoms with E-state index in [0.29, 0.717) is 18.6 Å². The van der Waals surface area contributed by atoms with Crippen LogP contribution in [-0.4, -0.2) is 45.8 Å². The smallest absolute Gasteiger partial charge is 0.266 e. The molecule has 0 heterocycles. The number of amides is 2. The standard InChI is InChI=1S/C14H9ClF3NO2S.C7H16.C5H11NO2.C2H6O/c15-10-3-1-7(5-12(10)22-21)14(20)19-8-2-4-11(16)9(6-8)13(17)18;1-4-5-6-7(2)3;1-4(7)3-6-5(2)8;1-2-3/h1-6,13,21H,(H,19,20);7H,4-6H2,1-3H3;4,7H,3H2,1-2H3,(H,6,8);3H,2H2,1H3. The Bertz CT molecular complexity index is 998. The van der Waals surface area contributed by atoms with Gasteiger partial charge in [0.25, 0.3) is 12.3 Å². The van der Waals surface area contributed by atoms with Gasteiger partial charge < -0.3 is 25.4 Å². The Balaban J connectivity index is 0. The molecule has 0 saturated heterocycles. The van der Waals surface area contributed by atoms with Gasteiger partial charge in [0.2, 0.25) is 5.91 Å². The largest absolute Gasteiger partial charge is 0.397 e. The summed E-state index contributed by atoms with van der Waals surface area (Å²) in [5.41, 5.74) is -0.584. The number of carbonyl (C=O) groups excluding carboxylic acids is 2. The predicted molar refractivity (Wildman–Crippen MR) is 157 cm³/mol. The zero-order valence-electron chi connectivity index (χ0n) is 23.8. The highest BCUT2D eigenvalue weighted by molar-refractivity contribution is 7.93. The third-order valence-electron chi connectivity index (χ3n) is 4.56. The number of alkyl halides is 2. The Kier molecular flexibility index (Phi) is 23.3. The minimum atomic E-state index is -2.98. The van der Waals surface area contributed by atoms with Crippen molar-refractivity contribution in [1.29, 1.82) is 0 Å². The van der Waals surface area contributed by atoms with Crippen LogP contribution in [0.15, 0.2) is 41.3 Å². The maximum atomic E-state index is 13.2. The maximum Gasteiger partial charge on any atom is 0.266 e. The molecule has 5 N–H and O–H groups in total. The van der Waals surface area contributed by atoms with Crippen molar-refractivity contribution in [2.24, 2.45) is 5.92 Å². The van der Waals surface area contributed by atoms with Crippen LogP contribution in [0.25, 0.3) is 0 Å². The first-order valence-electron chi connectivity index (χ1n) is 12.8. The van der Waals surface area contributed by atoms with Gasteiger partial charge in [0.15, 0.2) is 0 Å². The highest BCUT2D eigenvalue weighted by Crippen LogP contribution is 2.27. The number of carbonyl (C=O) groups is 2. The summed E-state index contributed by atoms with van der Waals surface area (Å²) in [6, 6.07) is 7.08. The molecule has 228 valence electrons. The van der Waals surface area contributed by atoms with Crippen molar-refractivity contribution in [3.63, 3.8) is 0 Å². The molecular formula is C28H42ClF3N2O5S. The van der Waals surface area contributed by atoms with Crippen molar-refractivity contribution in [2.75, 3.05) is 18.5 Å². The molecule has 0 spiro atoms. The zero-order valence-corrected chi connectivity index (χ0v) is 25.4. The van der Waals surface area contributed by atoms with Crippen molar-refractivity contribution in [2.45, 2.75) is 78.2 Å². The average Bonchev–Trinajstić information content (AvgIpc) is 2.88. The Labute approximate surface area is 244 Å². The molecule has 0 radical (unpaired) electrons. The van der Waals surface area contributed by atoms with Gasteiger partial charge in [0, 0.05) is 43.4 Å². The van der Waals surface area contributed by atoms with E-state index in [9.17, 15) is 22.8 Å². The first-order valence-corrected chi connectivity index (χ1v) is 13.9. The second kappa shape index (κ2) is 23.4. The summed E-state index contributed by atoms with van der Waals surface area (Å²) in [4.78, 5) is 22.4. The van der Waals surface area contributed by atoms with Gasteiger partial charge in [-0.15, -0.1) is 0 Å². The van der Waals surface area contributed by atoms with Crippen LogP contribution in [0.3, 0.4) is 0 Å². The van der Waals surface area contributed by atoms with E-state index in [2.05, 4.69) is 31.4 Å². The fourth-order valence-corrected chi connectivity index (χ4v) is 3.17. The Morgan fingerprint density at radius 1 is 1.07 bits per heavy atom. The van der Waals surface area contributed by atoms with E-state index in [4.69, 9.17) is 26.4 Å². The summed E-state index contributed by atoms with van der Waals surface area (Å²) < 4.78 is 47.4. The topological polar surface area (TPSA) is 119 Å². The number of aliphatic hydroxyl groups excluding tert-OH is 2. The van der Waals surface area contributed by atoms with Gasteiger partial charge in [-0.25, -0.2) is 13.2 Å². The van der Waals surface area contributed by atoms with Gasteiger partial charge in [-0.05, 0) is 56.2 Å². The van der Waals surface area contributed by atoms with E-state index in [1.165, 1.54) is 50.5 Å². The van der Waals surface area contributed by atoms with Gasteiger partial charge in [0.05, 0.1) is 21.6 Å². The highest BCUT2D eigenvalue weighted by Gasteiger charge is 2.15. The molecule has 2 amide bonds. The molecule has 1 atom stereocenters. The SMILES string of the molecule is CC(=O)NCC(C)O.CCCCC(C)C.CCO.O=C(Nc1ccc(F)c(C(F)F)c1)c1ccc(Cl)c(SO)c1. The molecule has 0 saturated carbocycles. The molecule has 0 aliphatic heterocycles. The predicted octanol–water partition coefficient (Wildman–Crippen LogP) is 7.57. The number of unbranched alkanes of at least 4 members (excludes halogenated alkanes) is 1. The molecule has 12 heteroatoms. The summed E-state index contributed by atoms with van der Waals surface area (Å²) in [7, 11) is 0. The van der Waals surface area contributed by atoms with Crippen LogP contribution in [-0.2, 0) is 4.79 Å². The van der Waals surface area contributed by atoms with Crippen molar-refractivity contribution in [3.05, 3.63) is 58.4 Å². The van der Waals surface area contributed by atoms with Crippen molar-refractivity contribution in [1.82, 2.24) is 5.32 Å². The van der Waals surface area contributed by atoms with Gasteiger partial charge in [0.1, 0.15) is 5.82 Å². The summed E-state index contributed by atoms with van der Waals surface area (Å²) in [5.74, 6) is -0.844. The normalized spacial score (nSPS) is 10.8. The summed E-state index contributed by atoms with van der Waals surface area (Å²) >= 11 is 6.18. The van der Waals surface area contributed by atoms with Gasteiger partial charge >= 0.3 is 0 Å². The third kappa shape index (κ3) is 19.7. The van der Waals surface area contributed by atoms with Gasteiger partial charge in [-0.2, -0.15) is 0 Å². The van der Waals surface area contributed by atoms with Crippen molar-refractivity contribution in [3.8, 4) is 0 Å². The number of rotatable bonds is 9. The average molecular weight is 611 g/mol. The molecule has 0 aliphatic carbocycles. The van der Waals surface area contributed by atoms with E-state index < -0.39 is 29.8 Å². The Morgan fingerprint density at radius 3 is 2.08 bits per heavy atom. The Hall–Kier alpha value is -2.31. The number of aliphatic hydroxyl groups is 2. The number of anilines is 1. The first kappa shape index (κ1) is 39.8. The molecule has 0 aromatic heterocycles. The van der Waals surface area contributed by atoms with E-state index in [0.717, 1.165) is 18.1 Å². The third-order valence-corrected chi connectivity index (χ3v) is 5.54. The minimum Gasteiger partial charge on any atom is -0.397 e. The zero-order chi connectivity index (χ0) is 31.3. The molecule has 0 fully saturated rings. The molecular weight excluding hydrogens is 569 g/mol. The van der Waals surface area contributed by atoms with E-state index in [1.807, 2.05) is 0 Å². The lowest BCUT2D eigenvalue weighted by molar-refractivity contribution is -0.119. The van der Waals surface area contributed by atoms with Gasteiger partial charge in [-0.3, -0.25) is 9.59 Å². The molecule has 2 rings (SSSR count). The van der Waals surface area contributed by atoms with Crippen LogP contribution < -0.4 is 10.6 Å². The fraction of sp³-hybridized carbons (Fsp3) is 0.500. The van der Waals surface area contributed by atoms with Crippen LogP contribution in [0.4, 0.5) is 18.9 Å². The van der Waals surface area contributed by atoms with Crippen LogP contribution in [0, 0.1) is 11.7 Å². The summed E-state index contributed by atoms with van der Waals surface area (Å²) in [6.07, 6.45) is 0.718. The van der Waals surface area contributed by atoms with Crippen molar-refractivity contribution >= 4 is 41.1 Å². The fourth-order valence-electron chi connectivity index (χ4n) is 2.61. The quantitative estimate of drug-likeness (QED) is 0.187. The number of benzene rings is 2. The second-order valence-corrected chi connectivity index (χ2v) is 9.90. The molecule has 7 nitrogen and oxygen atoms in total. The van der Waals surface area contributed by atoms with Gasteiger partial charge in [-0.1, -0.05) is 51.6 Å². The molecule has 0 bridgehead atoms. The van der Waals surface area contributed by atoms with Crippen LogP contribution >= 0.6 is 23.6 Å². The lowest BCUT2D eigenvalue weighted by Gasteiger charge is -2.09. The number of halogens is 4. The minimum absolute atomic E-state index is 0.0369. The summed E-state index contributed by atoms with van der Waals surface area (Å²) in [6.45, 7) is 12.1. The lowest BCUT2D eigenvalue weighted by atomic mass is 10.1. The van der Waals surface area contributed by atoms with Crippen LogP contribution in [0.2, 0.25) is 5.02 Å². The number of hydrogen-bond donors (Lipinski definition) is 5. The van der Waals surface area contributed by atoms with E-state index >= 15 is 0 Å². The summed E-state index contributed by atoms with van der Waals surface area (Å²) in [5, 5.41) is 21.3. The molecule has 0 aliphatic rings. The number of nitrogens with one attached hydrogen (secondary N) is 2. The van der Waals surface area contributed by atoms with E-state index in [1.54, 1.807) is 13.8 Å². The molecule has 40 heavy (non-hydrogen) atoms. The first-order chi connectivity index (χ1) is 18.7. The highest BCUT2D eigenvalue weighted by atomic mass is 35.5. The van der Waals surface area contributed by atoms with Crippen molar-refractivity contribution < 1.29 is 37.5 Å². The Morgan fingerprint density at radius 2 is 1.68 bits per heavy atom. The maximum absolute atomic E-state index is 13.2. The van der Waals surface area contributed by atoms with E-state index in [-0.39, 0.29) is 33.7 Å². The second-order valence-electron chi connectivity index (χ2n) is 8.87. The number of hydrogen-bond acceptors (Lipinski definition) is 6. The monoisotopic (exact) mass is 610 g/mol. The van der Waals surface area contributed by atoms with Crippen LogP contribution in [0.1, 0.15) is 83.2 Å². The molecule has 2 aromatic carbocycles. The molecule has 2 aromatic rings. The van der Waals surface area contributed by atoms with Crippen LogP contribution in [0.5, 0.6) is 0 Å². The lowest BCUT2D eigenvalue weighted by Crippen LogP contribution is -2.28.